The molecule has 1 aromatic carbocycles. The van der Waals surface area contributed by atoms with Crippen molar-refractivity contribution in [3.05, 3.63) is 57.6 Å². The van der Waals surface area contributed by atoms with Crippen molar-refractivity contribution in [1.82, 2.24) is 5.32 Å². The summed E-state index contributed by atoms with van der Waals surface area (Å²) in [5.41, 5.74) is 2.26. The lowest BCUT2D eigenvalue weighted by atomic mass is 9.83. The van der Waals surface area contributed by atoms with Gasteiger partial charge in [-0.25, -0.2) is 4.79 Å². The highest BCUT2D eigenvalue weighted by molar-refractivity contribution is 6.31. The smallest absolute Gasteiger partial charge is 0.481 e. The first kappa shape index (κ1) is 16.9. The highest BCUT2D eigenvalue weighted by Crippen LogP contribution is 2.42. The van der Waals surface area contributed by atoms with Gasteiger partial charge in [-0.05, 0) is 31.1 Å². The van der Waals surface area contributed by atoms with Crippen molar-refractivity contribution in [2.45, 2.75) is 26.2 Å². The van der Waals surface area contributed by atoms with Gasteiger partial charge in [0.2, 0.25) is 0 Å². The molecule has 122 valence electrons. The molecule has 1 heterocycles. The minimum atomic E-state index is -1.47. The summed E-state index contributed by atoms with van der Waals surface area (Å²) in [6.07, 6.45) is -1.72. The number of hydrogen-bond donors (Lipinski definition) is 3. The van der Waals surface area contributed by atoms with Crippen molar-refractivity contribution >= 4 is 23.7 Å². The van der Waals surface area contributed by atoms with Gasteiger partial charge < -0.3 is 20.3 Å². The Balaban J connectivity index is 2.62. The Bertz CT molecular complexity index is 685. The van der Waals surface area contributed by atoms with E-state index < -0.39 is 18.0 Å². The van der Waals surface area contributed by atoms with Gasteiger partial charge in [0.15, 0.2) is 0 Å². The Morgan fingerprint density at radius 3 is 2.43 bits per heavy atom. The summed E-state index contributed by atoms with van der Waals surface area (Å²) < 4.78 is 4.93. The molecule has 7 heteroatoms. The quantitative estimate of drug-likeness (QED) is 0.725. The molecule has 0 aromatic heterocycles. The van der Waals surface area contributed by atoms with E-state index in [1.807, 2.05) is 0 Å². The standard InChI is InChI=1S/C16H16ClNO5/c1-8-11(7-13(19)20)14(10-5-3-4-6-12(10)17)15(9(2)18-8)23-16(21)22/h3-6,14,18H,7H2,1-2H3,(H,19,20)(H,21,22). The molecule has 0 amide bonds. The number of carboxylic acid groups (broad SMARTS) is 2. The second-order valence-corrected chi connectivity index (χ2v) is 5.56. The van der Waals surface area contributed by atoms with E-state index in [0.29, 0.717) is 27.6 Å². The summed E-state index contributed by atoms with van der Waals surface area (Å²) in [5, 5.41) is 21.6. The minimum Gasteiger partial charge on any atom is -0.481 e. The summed E-state index contributed by atoms with van der Waals surface area (Å²) in [4.78, 5) is 22.3. The number of ether oxygens (including phenoxy) is 1. The molecule has 1 unspecified atom stereocenters. The van der Waals surface area contributed by atoms with Gasteiger partial charge in [-0.3, -0.25) is 4.79 Å². The number of rotatable bonds is 4. The minimum absolute atomic E-state index is 0.132. The molecule has 1 atom stereocenters. The lowest BCUT2D eigenvalue weighted by Crippen LogP contribution is -2.27. The topological polar surface area (TPSA) is 95.9 Å². The molecule has 1 aliphatic heterocycles. The van der Waals surface area contributed by atoms with Crippen molar-refractivity contribution in [2.24, 2.45) is 0 Å². The van der Waals surface area contributed by atoms with Crippen molar-refractivity contribution in [3.8, 4) is 0 Å². The van der Waals surface area contributed by atoms with Crippen LogP contribution in [0, 0.1) is 0 Å². The number of dihydropyridines is 1. The molecule has 2 rings (SSSR count). The van der Waals surface area contributed by atoms with Crippen LogP contribution in [0.2, 0.25) is 5.02 Å². The van der Waals surface area contributed by atoms with E-state index in [-0.39, 0.29) is 12.2 Å². The SMILES string of the molecule is CC1=C(CC(=O)O)C(c2ccccc2Cl)C(OC(=O)O)=C(C)N1. The van der Waals surface area contributed by atoms with Gasteiger partial charge in [0, 0.05) is 10.7 Å². The fraction of sp³-hybridized carbons (Fsp3) is 0.250. The fourth-order valence-corrected chi connectivity index (χ4v) is 2.92. The second-order valence-electron chi connectivity index (χ2n) is 5.16. The number of carbonyl (C=O) groups is 2. The third kappa shape index (κ3) is 3.65. The van der Waals surface area contributed by atoms with Crippen molar-refractivity contribution in [1.29, 1.82) is 0 Å². The number of benzene rings is 1. The molecule has 0 radical (unpaired) electrons. The van der Waals surface area contributed by atoms with Gasteiger partial charge in [0.05, 0.1) is 18.0 Å². The first-order chi connectivity index (χ1) is 10.8. The van der Waals surface area contributed by atoms with Crippen LogP contribution in [0.5, 0.6) is 0 Å². The zero-order valence-corrected chi connectivity index (χ0v) is 13.3. The normalized spacial score (nSPS) is 17.8. The van der Waals surface area contributed by atoms with Gasteiger partial charge in [0.25, 0.3) is 0 Å². The van der Waals surface area contributed by atoms with Gasteiger partial charge in [-0.2, -0.15) is 0 Å². The highest BCUT2D eigenvalue weighted by atomic mass is 35.5. The van der Waals surface area contributed by atoms with Gasteiger partial charge in [-0.1, -0.05) is 29.8 Å². The number of hydrogen-bond acceptors (Lipinski definition) is 4. The van der Waals surface area contributed by atoms with Crippen LogP contribution < -0.4 is 5.32 Å². The number of halogens is 1. The van der Waals surface area contributed by atoms with E-state index in [4.69, 9.17) is 21.4 Å². The van der Waals surface area contributed by atoms with Crippen molar-refractivity contribution in [3.63, 3.8) is 0 Å². The first-order valence-electron chi connectivity index (χ1n) is 6.85. The summed E-state index contributed by atoms with van der Waals surface area (Å²) in [6, 6.07) is 6.89. The van der Waals surface area contributed by atoms with Crippen LogP contribution in [-0.2, 0) is 9.53 Å². The Hall–Kier alpha value is -2.47. The molecule has 3 N–H and O–H groups in total. The average molecular weight is 338 g/mol. The summed E-state index contributed by atoms with van der Waals surface area (Å²) >= 11 is 6.24. The third-order valence-electron chi connectivity index (χ3n) is 3.59. The maximum absolute atomic E-state index is 11.2. The number of nitrogens with one attached hydrogen (secondary N) is 1. The van der Waals surface area contributed by atoms with Crippen molar-refractivity contribution < 1.29 is 24.5 Å². The number of allylic oxidation sites excluding steroid dienone is 3. The first-order valence-corrected chi connectivity index (χ1v) is 7.23. The van der Waals surface area contributed by atoms with Crippen LogP contribution in [0.1, 0.15) is 31.7 Å². The van der Waals surface area contributed by atoms with E-state index >= 15 is 0 Å². The summed E-state index contributed by atoms with van der Waals surface area (Å²) in [5.74, 6) is -1.56. The maximum Gasteiger partial charge on any atom is 0.511 e. The fourth-order valence-electron chi connectivity index (χ4n) is 2.68. The van der Waals surface area contributed by atoms with Crippen LogP contribution >= 0.6 is 11.6 Å². The lowest BCUT2D eigenvalue weighted by Gasteiger charge is -2.31. The van der Waals surface area contributed by atoms with Crippen LogP contribution in [0.15, 0.2) is 47.0 Å². The third-order valence-corrected chi connectivity index (χ3v) is 3.94. The molecule has 0 saturated heterocycles. The largest absolute Gasteiger partial charge is 0.511 e. The number of aliphatic carboxylic acids is 1. The Kier molecular flexibility index (Phi) is 4.95. The average Bonchev–Trinajstić information content (AvgIpc) is 2.44. The molecule has 0 aliphatic carbocycles. The van der Waals surface area contributed by atoms with Gasteiger partial charge in [0.1, 0.15) is 5.76 Å². The maximum atomic E-state index is 11.2. The molecule has 1 aromatic rings. The zero-order valence-electron chi connectivity index (χ0n) is 12.6. The van der Waals surface area contributed by atoms with Gasteiger partial charge >= 0.3 is 12.1 Å². The summed E-state index contributed by atoms with van der Waals surface area (Å²) in [7, 11) is 0. The zero-order chi connectivity index (χ0) is 17.1. The predicted molar refractivity (Wildman–Crippen MR) is 84.1 cm³/mol. The van der Waals surface area contributed by atoms with E-state index in [1.54, 1.807) is 38.1 Å². The van der Waals surface area contributed by atoms with E-state index in [2.05, 4.69) is 5.32 Å². The molecule has 1 aliphatic rings. The molecule has 23 heavy (non-hydrogen) atoms. The second kappa shape index (κ2) is 6.75. The Morgan fingerprint density at radius 2 is 1.87 bits per heavy atom. The van der Waals surface area contributed by atoms with E-state index in [9.17, 15) is 14.7 Å². The highest BCUT2D eigenvalue weighted by Gasteiger charge is 2.34. The molecular weight excluding hydrogens is 322 g/mol. The Labute approximate surface area is 138 Å². The van der Waals surface area contributed by atoms with Gasteiger partial charge in [-0.15, -0.1) is 0 Å². The van der Waals surface area contributed by atoms with Crippen molar-refractivity contribution in [2.75, 3.05) is 0 Å². The van der Waals surface area contributed by atoms with Crippen LogP contribution in [0.3, 0.4) is 0 Å². The molecule has 0 fully saturated rings. The van der Waals surface area contributed by atoms with Crippen LogP contribution in [0.25, 0.3) is 0 Å². The Morgan fingerprint density at radius 1 is 1.22 bits per heavy atom. The van der Waals surface area contributed by atoms with E-state index in [0.717, 1.165) is 0 Å². The number of carboxylic acids is 1. The van der Waals surface area contributed by atoms with Crippen LogP contribution in [-0.4, -0.2) is 22.3 Å². The molecule has 6 nitrogen and oxygen atoms in total. The van der Waals surface area contributed by atoms with Crippen LogP contribution in [0.4, 0.5) is 4.79 Å². The summed E-state index contributed by atoms with van der Waals surface area (Å²) in [6.45, 7) is 3.41. The van der Waals surface area contributed by atoms with E-state index in [1.165, 1.54) is 0 Å². The lowest BCUT2D eigenvalue weighted by molar-refractivity contribution is -0.136. The molecule has 0 bridgehead atoms. The monoisotopic (exact) mass is 337 g/mol. The molecular formula is C16H16ClNO5. The predicted octanol–water partition coefficient (Wildman–Crippen LogP) is 3.70. The molecule has 0 spiro atoms. The molecule has 0 saturated carbocycles.